The number of rotatable bonds is 4. The van der Waals surface area contributed by atoms with Gasteiger partial charge < -0.3 is 11.1 Å². The largest absolute Gasteiger partial charge is 0.388 e. The van der Waals surface area contributed by atoms with Gasteiger partial charge in [0.25, 0.3) is 0 Å². The van der Waals surface area contributed by atoms with Crippen molar-refractivity contribution in [2.24, 2.45) is 5.73 Å². The first kappa shape index (κ1) is 11.5. The molecule has 1 unspecified atom stereocenters. The van der Waals surface area contributed by atoms with Gasteiger partial charge in [-0.3, -0.25) is 4.79 Å². The van der Waals surface area contributed by atoms with Crippen LogP contribution < -0.4 is 11.1 Å². The first-order valence-corrected chi connectivity index (χ1v) is 4.88. The van der Waals surface area contributed by atoms with Crippen molar-refractivity contribution in [1.82, 2.24) is 0 Å². The molecule has 1 aromatic carbocycles. The van der Waals surface area contributed by atoms with Crippen molar-refractivity contribution in [2.75, 3.05) is 12.4 Å². The molecule has 0 aliphatic heterocycles. The molecule has 3 N–H and O–H groups in total. The zero-order valence-electron chi connectivity index (χ0n) is 9.03. The highest BCUT2D eigenvalue weighted by atomic mass is 16.1. The van der Waals surface area contributed by atoms with Crippen molar-refractivity contribution >= 4 is 18.0 Å². The molecule has 1 aromatic rings. The number of hydrogen-bond donors (Lipinski definition) is 2. The third-order valence-electron chi connectivity index (χ3n) is 2.21. The lowest BCUT2D eigenvalue weighted by atomic mass is 10.1. The number of para-hydroxylation sites is 1. The van der Waals surface area contributed by atoms with Gasteiger partial charge in [0.15, 0.2) is 0 Å². The van der Waals surface area contributed by atoms with Gasteiger partial charge in [0, 0.05) is 24.4 Å². The second-order valence-corrected chi connectivity index (χ2v) is 3.39. The summed E-state index contributed by atoms with van der Waals surface area (Å²) in [7, 11) is 1.85. The molecule has 0 saturated heterocycles. The first-order valence-electron chi connectivity index (χ1n) is 4.88. The number of nitrogens with one attached hydrogen (secondary N) is 1. The van der Waals surface area contributed by atoms with Crippen LogP contribution >= 0.6 is 0 Å². The van der Waals surface area contributed by atoms with E-state index in [1.807, 2.05) is 37.4 Å². The molecule has 0 amide bonds. The Morgan fingerprint density at radius 1 is 1.47 bits per heavy atom. The summed E-state index contributed by atoms with van der Waals surface area (Å²) < 4.78 is 0. The van der Waals surface area contributed by atoms with Crippen LogP contribution in [-0.4, -0.2) is 19.4 Å². The van der Waals surface area contributed by atoms with Gasteiger partial charge in [0.2, 0.25) is 0 Å². The van der Waals surface area contributed by atoms with Gasteiger partial charge in [0.05, 0.1) is 0 Å². The Morgan fingerprint density at radius 3 is 2.67 bits per heavy atom. The third kappa shape index (κ3) is 2.92. The number of hydrogen-bond acceptors (Lipinski definition) is 3. The van der Waals surface area contributed by atoms with Crippen LogP contribution in [0.4, 0.5) is 5.69 Å². The Bertz CT molecular complexity index is 370. The maximum Gasteiger partial charge on any atom is 0.147 e. The predicted octanol–water partition coefficient (Wildman–Crippen LogP) is 1.66. The second kappa shape index (κ2) is 5.32. The summed E-state index contributed by atoms with van der Waals surface area (Å²) in [6.45, 7) is 1.79. The van der Waals surface area contributed by atoms with Crippen molar-refractivity contribution in [3.8, 4) is 0 Å². The standard InChI is InChI=1S/C12H16N2O/c1-9(13)11(8-15)7-10-5-3-4-6-12(10)14-2/h3-9,14H,13H2,1-2H3/b11-7+. The van der Waals surface area contributed by atoms with Gasteiger partial charge in [-0.2, -0.15) is 0 Å². The van der Waals surface area contributed by atoms with Crippen molar-refractivity contribution in [1.29, 1.82) is 0 Å². The van der Waals surface area contributed by atoms with Crippen molar-refractivity contribution in [3.05, 3.63) is 35.4 Å². The minimum absolute atomic E-state index is 0.243. The lowest BCUT2D eigenvalue weighted by molar-refractivity contribution is -0.105. The number of carbonyl (C=O) groups is 1. The summed E-state index contributed by atoms with van der Waals surface area (Å²) in [6.07, 6.45) is 2.61. The number of anilines is 1. The topological polar surface area (TPSA) is 55.1 Å². The molecule has 15 heavy (non-hydrogen) atoms. The summed E-state index contributed by atoms with van der Waals surface area (Å²) in [5.74, 6) is 0. The Balaban J connectivity index is 3.10. The molecule has 0 aliphatic carbocycles. The van der Waals surface area contributed by atoms with Gasteiger partial charge in [-0.25, -0.2) is 0 Å². The zero-order chi connectivity index (χ0) is 11.3. The lowest BCUT2D eigenvalue weighted by Gasteiger charge is -2.07. The lowest BCUT2D eigenvalue weighted by Crippen LogP contribution is -2.18. The molecule has 0 bridgehead atoms. The third-order valence-corrected chi connectivity index (χ3v) is 2.21. The van der Waals surface area contributed by atoms with Crippen molar-refractivity contribution in [2.45, 2.75) is 13.0 Å². The van der Waals surface area contributed by atoms with E-state index >= 15 is 0 Å². The van der Waals surface area contributed by atoms with Crippen LogP contribution in [0.2, 0.25) is 0 Å². The molecule has 3 heteroatoms. The fourth-order valence-electron chi connectivity index (χ4n) is 1.30. The zero-order valence-corrected chi connectivity index (χ0v) is 9.03. The van der Waals surface area contributed by atoms with E-state index in [0.717, 1.165) is 17.5 Å². The molecule has 0 spiro atoms. The van der Waals surface area contributed by atoms with Crippen LogP contribution in [-0.2, 0) is 4.79 Å². The van der Waals surface area contributed by atoms with E-state index < -0.39 is 0 Å². The van der Waals surface area contributed by atoms with Crippen molar-refractivity contribution < 1.29 is 4.79 Å². The van der Waals surface area contributed by atoms with E-state index in [9.17, 15) is 4.79 Å². The van der Waals surface area contributed by atoms with E-state index in [1.165, 1.54) is 0 Å². The van der Waals surface area contributed by atoms with Gasteiger partial charge in [0.1, 0.15) is 6.29 Å². The molecule has 1 rings (SSSR count). The molecule has 0 heterocycles. The highest BCUT2D eigenvalue weighted by Gasteiger charge is 2.03. The summed E-state index contributed by atoms with van der Waals surface area (Å²) in [5.41, 5.74) is 8.22. The van der Waals surface area contributed by atoms with Gasteiger partial charge in [-0.1, -0.05) is 18.2 Å². The highest BCUT2D eigenvalue weighted by Crippen LogP contribution is 2.17. The van der Waals surface area contributed by atoms with Gasteiger partial charge in [-0.15, -0.1) is 0 Å². The van der Waals surface area contributed by atoms with Crippen LogP contribution in [0, 0.1) is 0 Å². The summed E-state index contributed by atoms with van der Waals surface area (Å²) >= 11 is 0. The molecule has 3 nitrogen and oxygen atoms in total. The van der Waals surface area contributed by atoms with Crippen LogP contribution in [0.15, 0.2) is 29.8 Å². The maximum absolute atomic E-state index is 10.8. The minimum atomic E-state index is -0.243. The van der Waals surface area contributed by atoms with Crippen LogP contribution in [0.25, 0.3) is 6.08 Å². The number of aldehydes is 1. The quantitative estimate of drug-likeness (QED) is 0.579. The molecule has 0 radical (unpaired) electrons. The van der Waals surface area contributed by atoms with Crippen molar-refractivity contribution in [3.63, 3.8) is 0 Å². The SMILES string of the molecule is CNc1ccccc1/C=C(\C=O)C(C)N. The molecule has 0 saturated carbocycles. The number of nitrogens with two attached hydrogens (primary N) is 1. The highest BCUT2D eigenvalue weighted by molar-refractivity contribution is 5.85. The Hall–Kier alpha value is -1.61. The predicted molar refractivity (Wildman–Crippen MR) is 63.7 cm³/mol. The smallest absolute Gasteiger partial charge is 0.147 e. The molecule has 0 aromatic heterocycles. The Morgan fingerprint density at radius 2 is 2.13 bits per heavy atom. The monoisotopic (exact) mass is 204 g/mol. The summed E-state index contributed by atoms with van der Waals surface area (Å²) in [6, 6.07) is 7.52. The number of carbonyl (C=O) groups excluding carboxylic acids is 1. The molecule has 1 atom stereocenters. The summed E-state index contributed by atoms with van der Waals surface area (Å²) in [5, 5.41) is 3.06. The molecular weight excluding hydrogens is 188 g/mol. The normalized spacial score (nSPS) is 13.4. The van der Waals surface area contributed by atoms with Crippen LogP contribution in [0.5, 0.6) is 0 Å². The van der Waals surface area contributed by atoms with Gasteiger partial charge in [-0.05, 0) is 24.6 Å². The van der Waals surface area contributed by atoms with E-state index in [4.69, 9.17) is 5.73 Å². The van der Waals surface area contributed by atoms with E-state index in [2.05, 4.69) is 5.32 Å². The van der Waals surface area contributed by atoms with Crippen LogP contribution in [0.1, 0.15) is 12.5 Å². The molecule has 0 fully saturated rings. The average molecular weight is 204 g/mol. The van der Waals surface area contributed by atoms with Gasteiger partial charge >= 0.3 is 0 Å². The molecular formula is C12H16N2O. The maximum atomic E-state index is 10.8. The van der Waals surface area contributed by atoms with Crippen LogP contribution in [0.3, 0.4) is 0 Å². The van der Waals surface area contributed by atoms with E-state index in [-0.39, 0.29) is 6.04 Å². The molecule has 80 valence electrons. The minimum Gasteiger partial charge on any atom is -0.388 e. The fraction of sp³-hybridized carbons (Fsp3) is 0.250. The second-order valence-electron chi connectivity index (χ2n) is 3.39. The average Bonchev–Trinajstić information content (AvgIpc) is 2.25. The Labute approximate surface area is 90.0 Å². The summed E-state index contributed by atoms with van der Waals surface area (Å²) in [4.78, 5) is 10.8. The first-order chi connectivity index (χ1) is 7.19. The number of benzene rings is 1. The van der Waals surface area contributed by atoms with E-state index in [1.54, 1.807) is 6.92 Å². The Kier molecular flexibility index (Phi) is 4.06. The van der Waals surface area contributed by atoms with E-state index in [0.29, 0.717) is 5.57 Å². The fourth-order valence-corrected chi connectivity index (χ4v) is 1.30. The molecule has 0 aliphatic rings.